The molecule has 2 heterocycles. The van der Waals surface area contributed by atoms with Gasteiger partial charge in [-0.3, -0.25) is 4.79 Å². The first-order valence-corrected chi connectivity index (χ1v) is 10.3. The van der Waals surface area contributed by atoms with E-state index in [0.717, 1.165) is 36.0 Å². The fourth-order valence-electron chi connectivity index (χ4n) is 3.86. The molecule has 0 spiro atoms. The van der Waals surface area contributed by atoms with Crippen molar-refractivity contribution < 1.29 is 4.79 Å². The number of rotatable bonds is 6. The van der Waals surface area contributed by atoms with E-state index >= 15 is 0 Å². The lowest BCUT2D eigenvalue weighted by atomic mass is 10.1. The monoisotopic (exact) mass is 389 g/mol. The topological polar surface area (TPSA) is 63.1 Å². The van der Waals surface area contributed by atoms with Crippen molar-refractivity contribution in [3.8, 4) is 0 Å². The second-order valence-corrected chi connectivity index (χ2v) is 7.41. The average molecular weight is 390 g/mol. The van der Waals surface area contributed by atoms with Gasteiger partial charge in [0, 0.05) is 38.7 Å². The average Bonchev–Trinajstić information content (AvgIpc) is 2.99. The Morgan fingerprint density at radius 1 is 1.03 bits per heavy atom. The highest BCUT2D eigenvalue weighted by Crippen LogP contribution is 2.26. The largest absolute Gasteiger partial charge is 0.352 e. The number of carbonyl (C=O) groups is 1. The molecule has 0 atom stereocenters. The van der Waals surface area contributed by atoms with E-state index in [1.165, 1.54) is 19.3 Å². The summed E-state index contributed by atoms with van der Waals surface area (Å²) in [6.45, 7) is 1.52. The SMILES string of the molecule is CN(c1ccccc1)c1ccccc1C(=O)NCCc1nnc2n1CCCCC2. The summed E-state index contributed by atoms with van der Waals surface area (Å²) in [5.74, 6) is 1.98. The predicted octanol–water partition coefficient (Wildman–Crippen LogP) is 3.74. The van der Waals surface area contributed by atoms with Gasteiger partial charge < -0.3 is 14.8 Å². The first-order chi connectivity index (χ1) is 14.2. The van der Waals surface area contributed by atoms with Crippen molar-refractivity contribution in [1.29, 1.82) is 0 Å². The van der Waals surface area contributed by atoms with Crippen molar-refractivity contribution in [2.75, 3.05) is 18.5 Å². The third-order valence-electron chi connectivity index (χ3n) is 5.47. The molecule has 29 heavy (non-hydrogen) atoms. The molecule has 2 aromatic carbocycles. The highest BCUT2D eigenvalue weighted by Gasteiger charge is 2.17. The Bertz CT molecular complexity index is 966. The number of hydrogen-bond acceptors (Lipinski definition) is 4. The van der Waals surface area contributed by atoms with Crippen LogP contribution in [-0.4, -0.2) is 34.3 Å². The summed E-state index contributed by atoms with van der Waals surface area (Å²) < 4.78 is 2.23. The van der Waals surface area contributed by atoms with E-state index in [1.54, 1.807) is 0 Å². The number of carbonyl (C=O) groups excluding carboxylic acids is 1. The minimum absolute atomic E-state index is 0.0704. The maximum atomic E-state index is 12.9. The third-order valence-corrected chi connectivity index (χ3v) is 5.47. The van der Waals surface area contributed by atoms with Gasteiger partial charge in [-0.15, -0.1) is 10.2 Å². The summed E-state index contributed by atoms with van der Waals surface area (Å²) in [7, 11) is 1.98. The van der Waals surface area contributed by atoms with Crippen molar-refractivity contribution in [2.45, 2.75) is 38.6 Å². The van der Waals surface area contributed by atoms with Gasteiger partial charge in [-0.1, -0.05) is 36.8 Å². The molecular formula is C23H27N5O. The fourth-order valence-corrected chi connectivity index (χ4v) is 3.86. The maximum Gasteiger partial charge on any atom is 0.253 e. The normalized spacial score (nSPS) is 13.4. The summed E-state index contributed by atoms with van der Waals surface area (Å²) in [6.07, 6.45) is 5.28. The number of nitrogens with zero attached hydrogens (tertiary/aromatic N) is 4. The molecule has 1 aromatic heterocycles. The molecule has 0 radical (unpaired) electrons. The Hall–Kier alpha value is -3.15. The molecular weight excluding hydrogens is 362 g/mol. The van der Waals surface area contributed by atoms with Crippen molar-refractivity contribution >= 4 is 17.3 Å². The number of para-hydroxylation sites is 2. The Morgan fingerprint density at radius 2 is 1.83 bits per heavy atom. The van der Waals surface area contributed by atoms with Crippen LogP contribution in [0.5, 0.6) is 0 Å². The highest BCUT2D eigenvalue weighted by atomic mass is 16.1. The van der Waals surface area contributed by atoms with Crippen LogP contribution in [-0.2, 0) is 19.4 Å². The molecule has 1 amide bonds. The number of aryl methyl sites for hydroxylation is 1. The van der Waals surface area contributed by atoms with Crippen molar-refractivity contribution in [3.05, 3.63) is 71.8 Å². The van der Waals surface area contributed by atoms with Crippen molar-refractivity contribution in [2.24, 2.45) is 0 Å². The molecule has 0 fully saturated rings. The van der Waals surface area contributed by atoms with Gasteiger partial charge in [0.25, 0.3) is 5.91 Å². The van der Waals surface area contributed by atoms with E-state index in [9.17, 15) is 4.79 Å². The molecule has 0 aliphatic carbocycles. The second-order valence-electron chi connectivity index (χ2n) is 7.41. The minimum Gasteiger partial charge on any atom is -0.352 e. The quantitative estimate of drug-likeness (QED) is 0.697. The number of nitrogens with one attached hydrogen (secondary N) is 1. The molecule has 0 unspecified atom stereocenters. The van der Waals surface area contributed by atoms with Crippen LogP contribution in [0.4, 0.5) is 11.4 Å². The molecule has 0 bridgehead atoms. The lowest BCUT2D eigenvalue weighted by Gasteiger charge is -2.22. The summed E-state index contributed by atoms with van der Waals surface area (Å²) in [6, 6.07) is 17.7. The van der Waals surface area contributed by atoms with E-state index in [2.05, 4.69) is 20.1 Å². The molecule has 3 aromatic rings. The van der Waals surface area contributed by atoms with Crippen LogP contribution >= 0.6 is 0 Å². The molecule has 0 saturated heterocycles. The van der Waals surface area contributed by atoms with Crippen LogP contribution in [0.2, 0.25) is 0 Å². The number of anilines is 2. The molecule has 150 valence electrons. The van der Waals surface area contributed by atoms with Gasteiger partial charge in [0.15, 0.2) is 0 Å². The van der Waals surface area contributed by atoms with Gasteiger partial charge in [-0.05, 0) is 37.1 Å². The number of hydrogen-bond donors (Lipinski definition) is 1. The van der Waals surface area contributed by atoms with Crippen LogP contribution < -0.4 is 10.2 Å². The van der Waals surface area contributed by atoms with E-state index in [4.69, 9.17) is 0 Å². The molecule has 4 rings (SSSR count). The number of aromatic nitrogens is 3. The van der Waals surface area contributed by atoms with Gasteiger partial charge in [-0.25, -0.2) is 0 Å². The van der Waals surface area contributed by atoms with Gasteiger partial charge in [-0.2, -0.15) is 0 Å². The Kier molecular flexibility index (Phi) is 5.89. The molecule has 6 heteroatoms. The van der Waals surface area contributed by atoms with Crippen LogP contribution in [0.3, 0.4) is 0 Å². The van der Waals surface area contributed by atoms with E-state index in [-0.39, 0.29) is 5.91 Å². The van der Waals surface area contributed by atoms with Gasteiger partial charge in [0.05, 0.1) is 11.3 Å². The van der Waals surface area contributed by atoms with Gasteiger partial charge in [0.1, 0.15) is 11.6 Å². The number of fused-ring (bicyclic) bond motifs is 1. The summed E-state index contributed by atoms with van der Waals surface area (Å²) in [5, 5.41) is 11.7. The summed E-state index contributed by atoms with van der Waals surface area (Å²) >= 11 is 0. The molecule has 6 nitrogen and oxygen atoms in total. The van der Waals surface area contributed by atoms with E-state index < -0.39 is 0 Å². The standard InChI is InChI=1S/C23H27N5O/c1-27(18-10-4-2-5-11-18)20-13-8-7-12-19(20)23(29)24-16-15-22-26-25-21-14-6-3-9-17-28(21)22/h2,4-5,7-8,10-13H,3,6,9,14-17H2,1H3,(H,24,29). The second kappa shape index (κ2) is 8.90. The van der Waals surface area contributed by atoms with E-state index in [1.807, 2.05) is 66.5 Å². The molecule has 1 aliphatic rings. The Morgan fingerprint density at radius 3 is 2.69 bits per heavy atom. The zero-order valence-electron chi connectivity index (χ0n) is 16.8. The van der Waals surface area contributed by atoms with Crippen molar-refractivity contribution in [3.63, 3.8) is 0 Å². The molecule has 1 N–H and O–H groups in total. The van der Waals surface area contributed by atoms with Crippen LogP contribution in [0, 0.1) is 0 Å². The first-order valence-electron chi connectivity index (χ1n) is 10.3. The van der Waals surface area contributed by atoms with Crippen molar-refractivity contribution in [1.82, 2.24) is 20.1 Å². The lowest BCUT2D eigenvalue weighted by molar-refractivity contribution is 0.0954. The molecule has 0 saturated carbocycles. The van der Waals surface area contributed by atoms with Crippen LogP contribution in [0.15, 0.2) is 54.6 Å². The molecule has 1 aliphatic heterocycles. The van der Waals surface area contributed by atoms with Gasteiger partial charge in [0.2, 0.25) is 0 Å². The summed E-state index contributed by atoms with van der Waals surface area (Å²) in [4.78, 5) is 14.9. The zero-order chi connectivity index (χ0) is 20.1. The van der Waals surface area contributed by atoms with Crippen LogP contribution in [0.1, 0.15) is 41.3 Å². The third kappa shape index (κ3) is 4.31. The summed E-state index contributed by atoms with van der Waals surface area (Å²) in [5.41, 5.74) is 2.59. The fraction of sp³-hybridized carbons (Fsp3) is 0.348. The van der Waals surface area contributed by atoms with E-state index in [0.29, 0.717) is 18.5 Å². The minimum atomic E-state index is -0.0704. The van der Waals surface area contributed by atoms with Crippen LogP contribution in [0.25, 0.3) is 0 Å². The first kappa shape index (κ1) is 19.2. The number of benzene rings is 2. The maximum absolute atomic E-state index is 12.9. The lowest BCUT2D eigenvalue weighted by Crippen LogP contribution is -2.28. The van der Waals surface area contributed by atoms with Gasteiger partial charge >= 0.3 is 0 Å². The highest BCUT2D eigenvalue weighted by molar-refractivity contribution is 6.00. The zero-order valence-corrected chi connectivity index (χ0v) is 16.8. The smallest absolute Gasteiger partial charge is 0.253 e. The number of amides is 1. The predicted molar refractivity (Wildman–Crippen MR) is 115 cm³/mol. The Labute approximate surface area is 171 Å². The Balaban J connectivity index is 1.43.